The number of aliphatic hydroxyl groups excluding tert-OH is 1. The summed E-state index contributed by atoms with van der Waals surface area (Å²) in [5, 5.41) is 11.5. The van der Waals surface area contributed by atoms with Crippen molar-refractivity contribution >= 4 is 5.91 Å². The van der Waals surface area contributed by atoms with Crippen molar-refractivity contribution in [3.63, 3.8) is 0 Å². The van der Waals surface area contributed by atoms with Crippen LogP contribution in [0.15, 0.2) is 0 Å². The van der Waals surface area contributed by atoms with Crippen LogP contribution in [0.5, 0.6) is 0 Å². The number of hydrogen-bond donors (Lipinski definition) is 2. The zero-order chi connectivity index (χ0) is 8.85. The van der Waals surface area contributed by atoms with E-state index in [1.165, 1.54) is 6.92 Å². The molecule has 0 aliphatic heterocycles. The summed E-state index contributed by atoms with van der Waals surface area (Å²) < 4.78 is 0. The van der Waals surface area contributed by atoms with Crippen molar-refractivity contribution in [3.8, 4) is 0 Å². The lowest BCUT2D eigenvalue weighted by Crippen LogP contribution is -2.36. The van der Waals surface area contributed by atoms with Gasteiger partial charge in [0, 0.05) is 6.92 Å². The molecule has 11 heavy (non-hydrogen) atoms. The minimum atomic E-state index is -0.0790. The second-order valence-corrected chi connectivity index (χ2v) is 3.21. The lowest BCUT2D eigenvalue weighted by Gasteiger charge is -2.16. The Hall–Kier alpha value is -0.570. The first-order chi connectivity index (χ1) is 5.06. The van der Waals surface area contributed by atoms with Gasteiger partial charge in [0.1, 0.15) is 0 Å². The van der Waals surface area contributed by atoms with Crippen LogP contribution in [0, 0.1) is 5.92 Å². The van der Waals surface area contributed by atoms with E-state index in [2.05, 4.69) is 19.2 Å². The summed E-state index contributed by atoms with van der Waals surface area (Å²) in [5.41, 5.74) is 0. The van der Waals surface area contributed by atoms with Crippen molar-refractivity contribution in [2.24, 2.45) is 5.92 Å². The van der Waals surface area contributed by atoms with Gasteiger partial charge in [-0.2, -0.15) is 0 Å². The van der Waals surface area contributed by atoms with E-state index in [9.17, 15) is 4.79 Å². The summed E-state index contributed by atoms with van der Waals surface area (Å²) in [4.78, 5) is 10.6. The second-order valence-electron chi connectivity index (χ2n) is 3.21. The lowest BCUT2D eigenvalue weighted by atomic mass is 10.0. The van der Waals surface area contributed by atoms with Gasteiger partial charge in [-0.25, -0.2) is 0 Å². The fourth-order valence-electron chi connectivity index (χ4n) is 1.04. The van der Waals surface area contributed by atoms with Gasteiger partial charge in [0.05, 0.1) is 12.6 Å². The minimum Gasteiger partial charge on any atom is -0.394 e. The van der Waals surface area contributed by atoms with Crippen LogP contribution in [0.2, 0.25) is 0 Å². The van der Waals surface area contributed by atoms with Gasteiger partial charge in [0.2, 0.25) is 5.91 Å². The molecule has 0 bridgehead atoms. The molecule has 0 saturated carbocycles. The predicted molar refractivity (Wildman–Crippen MR) is 44.1 cm³/mol. The minimum absolute atomic E-state index is 0.0256. The van der Waals surface area contributed by atoms with E-state index in [0.717, 1.165) is 6.42 Å². The van der Waals surface area contributed by atoms with Crippen LogP contribution in [-0.4, -0.2) is 23.7 Å². The maximum Gasteiger partial charge on any atom is 0.217 e. The third kappa shape index (κ3) is 5.85. The molecule has 1 atom stereocenters. The van der Waals surface area contributed by atoms with Crippen LogP contribution in [-0.2, 0) is 4.79 Å². The number of carbonyl (C=O) groups excluding carboxylic acids is 1. The summed E-state index contributed by atoms with van der Waals surface area (Å²) >= 11 is 0. The van der Waals surface area contributed by atoms with E-state index < -0.39 is 0 Å². The Morgan fingerprint density at radius 1 is 1.55 bits per heavy atom. The molecule has 3 heteroatoms. The van der Waals surface area contributed by atoms with Crippen LogP contribution in [0.1, 0.15) is 27.2 Å². The third-order valence-corrected chi connectivity index (χ3v) is 1.38. The highest BCUT2D eigenvalue weighted by Gasteiger charge is 2.09. The number of rotatable bonds is 4. The van der Waals surface area contributed by atoms with E-state index in [1.54, 1.807) is 0 Å². The molecule has 0 aromatic carbocycles. The van der Waals surface area contributed by atoms with Crippen molar-refractivity contribution < 1.29 is 9.90 Å². The summed E-state index contributed by atoms with van der Waals surface area (Å²) in [6.07, 6.45) is 0.829. The summed E-state index contributed by atoms with van der Waals surface area (Å²) in [6, 6.07) is -0.0764. The van der Waals surface area contributed by atoms with Gasteiger partial charge in [-0.1, -0.05) is 13.8 Å². The Bertz CT molecular complexity index is 123. The molecule has 1 unspecified atom stereocenters. The molecule has 0 aliphatic carbocycles. The fraction of sp³-hybridized carbons (Fsp3) is 0.875. The van der Waals surface area contributed by atoms with Crippen LogP contribution in [0.3, 0.4) is 0 Å². The van der Waals surface area contributed by atoms with Gasteiger partial charge in [-0.15, -0.1) is 0 Å². The average Bonchev–Trinajstić information content (AvgIpc) is 1.84. The first-order valence-corrected chi connectivity index (χ1v) is 3.94. The zero-order valence-corrected chi connectivity index (χ0v) is 7.42. The number of hydrogen-bond acceptors (Lipinski definition) is 2. The van der Waals surface area contributed by atoms with Gasteiger partial charge in [0.15, 0.2) is 0 Å². The SMILES string of the molecule is CC(=O)NC(CO)CC(C)C. The van der Waals surface area contributed by atoms with Crippen molar-refractivity contribution in [2.45, 2.75) is 33.2 Å². The predicted octanol–water partition coefficient (Wildman–Crippen LogP) is 0.529. The quantitative estimate of drug-likeness (QED) is 0.628. The fourth-order valence-corrected chi connectivity index (χ4v) is 1.04. The maximum atomic E-state index is 10.6. The van der Waals surface area contributed by atoms with Crippen molar-refractivity contribution in [1.29, 1.82) is 0 Å². The Kier molecular flexibility index (Phi) is 4.86. The van der Waals surface area contributed by atoms with E-state index in [-0.39, 0.29) is 18.6 Å². The molecule has 0 saturated heterocycles. The van der Waals surface area contributed by atoms with Crippen LogP contribution < -0.4 is 5.32 Å². The molecule has 0 aliphatic rings. The molecule has 0 heterocycles. The van der Waals surface area contributed by atoms with Crippen molar-refractivity contribution in [2.75, 3.05) is 6.61 Å². The molecule has 0 radical (unpaired) electrons. The summed E-state index contributed by atoms with van der Waals surface area (Å²) in [5.74, 6) is 0.420. The Morgan fingerprint density at radius 2 is 2.09 bits per heavy atom. The van der Waals surface area contributed by atoms with Crippen LogP contribution >= 0.6 is 0 Å². The molecule has 66 valence electrons. The van der Waals surface area contributed by atoms with Gasteiger partial charge in [-0.3, -0.25) is 4.79 Å². The average molecular weight is 159 g/mol. The van der Waals surface area contributed by atoms with Gasteiger partial charge >= 0.3 is 0 Å². The van der Waals surface area contributed by atoms with Crippen LogP contribution in [0.4, 0.5) is 0 Å². The van der Waals surface area contributed by atoms with Gasteiger partial charge in [0.25, 0.3) is 0 Å². The molecule has 0 aromatic rings. The maximum absolute atomic E-state index is 10.6. The highest BCUT2D eigenvalue weighted by molar-refractivity contribution is 5.73. The first-order valence-electron chi connectivity index (χ1n) is 3.94. The molecule has 3 nitrogen and oxygen atoms in total. The molecule has 0 rings (SSSR count). The van der Waals surface area contributed by atoms with Crippen molar-refractivity contribution in [1.82, 2.24) is 5.32 Å². The number of amides is 1. The monoisotopic (exact) mass is 159 g/mol. The standard InChI is InChI=1S/C8H17NO2/c1-6(2)4-8(5-10)9-7(3)11/h6,8,10H,4-5H2,1-3H3,(H,9,11). The zero-order valence-electron chi connectivity index (χ0n) is 7.42. The number of carbonyl (C=O) groups is 1. The third-order valence-electron chi connectivity index (χ3n) is 1.38. The molecule has 2 N–H and O–H groups in total. The number of aliphatic hydroxyl groups is 1. The Labute approximate surface area is 67.8 Å². The summed E-state index contributed by atoms with van der Waals surface area (Å²) in [7, 11) is 0. The number of nitrogens with one attached hydrogen (secondary N) is 1. The normalized spacial score (nSPS) is 13.2. The highest BCUT2D eigenvalue weighted by Crippen LogP contribution is 2.03. The van der Waals surface area contributed by atoms with E-state index in [0.29, 0.717) is 5.92 Å². The molecule has 0 aromatic heterocycles. The Morgan fingerprint density at radius 3 is 2.36 bits per heavy atom. The largest absolute Gasteiger partial charge is 0.394 e. The van der Waals surface area contributed by atoms with Crippen LogP contribution in [0.25, 0.3) is 0 Å². The molecule has 0 fully saturated rings. The molecular formula is C8H17NO2. The van der Waals surface area contributed by atoms with Crippen molar-refractivity contribution in [3.05, 3.63) is 0 Å². The Balaban J connectivity index is 3.66. The van der Waals surface area contributed by atoms with E-state index in [4.69, 9.17) is 5.11 Å². The molecular weight excluding hydrogens is 142 g/mol. The van der Waals surface area contributed by atoms with E-state index >= 15 is 0 Å². The topological polar surface area (TPSA) is 49.3 Å². The second kappa shape index (κ2) is 5.13. The summed E-state index contributed by atoms with van der Waals surface area (Å²) in [6.45, 7) is 5.61. The highest BCUT2D eigenvalue weighted by atomic mass is 16.3. The van der Waals surface area contributed by atoms with Gasteiger partial charge in [-0.05, 0) is 12.3 Å². The first kappa shape index (κ1) is 10.4. The van der Waals surface area contributed by atoms with Gasteiger partial charge < -0.3 is 10.4 Å². The van der Waals surface area contributed by atoms with E-state index in [1.807, 2.05) is 0 Å². The smallest absolute Gasteiger partial charge is 0.217 e. The molecule has 0 spiro atoms. The molecule has 1 amide bonds. The lowest BCUT2D eigenvalue weighted by molar-refractivity contribution is -0.120.